The molecule has 0 rings (SSSR count). The molecule has 0 atom stereocenters. The first-order valence-electron chi connectivity index (χ1n) is 20.8. The van der Waals surface area contributed by atoms with E-state index in [1.165, 1.54) is 0 Å². The Morgan fingerprint density at radius 2 is 0.358 bits per heavy atom. The Labute approximate surface area is 332 Å². The van der Waals surface area contributed by atoms with E-state index < -0.39 is 65.6 Å². The second-order valence-electron chi connectivity index (χ2n) is 19.6. The van der Waals surface area contributed by atoms with Crippen molar-refractivity contribution in [3.05, 3.63) is 0 Å². The van der Waals surface area contributed by atoms with Crippen LogP contribution in [0.5, 0.6) is 0 Å². The van der Waals surface area contributed by atoms with Gasteiger partial charge in [0.05, 0.1) is 0 Å². The number of hydrogen-bond donors (Lipinski definition) is 0. The van der Waals surface area contributed by atoms with E-state index >= 15 is 19.2 Å². The zero-order chi connectivity index (χ0) is 42.6. The zero-order valence-electron chi connectivity index (χ0n) is 38.7. The second-order valence-corrected chi connectivity index (χ2v) is 24.8. The Morgan fingerprint density at radius 1 is 0.264 bits per heavy atom. The number of carbonyl (C=O) groups excluding carboxylic acids is 4. The molecule has 0 aliphatic carbocycles. The third-order valence-electron chi connectivity index (χ3n) is 13.7. The fourth-order valence-electron chi connectivity index (χ4n) is 11.8. The minimum absolute atomic E-state index is 0.218. The molecule has 0 amide bonds. The van der Waals surface area contributed by atoms with E-state index in [-0.39, 0.29) is 71.0 Å². The van der Waals surface area contributed by atoms with Gasteiger partial charge in [-0.3, -0.25) is 0 Å². The minimum atomic E-state index is -6.60. The van der Waals surface area contributed by atoms with E-state index in [4.69, 9.17) is 12.3 Å². The van der Waals surface area contributed by atoms with Gasteiger partial charge in [0.2, 0.25) is 0 Å². The van der Waals surface area contributed by atoms with Crippen LogP contribution in [0.4, 0.5) is 0 Å². The van der Waals surface area contributed by atoms with Gasteiger partial charge in [-0.15, -0.1) is 0 Å². The van der Waals surface area contributed by atoms with Crippen molar-refractivity contribution >= 4 is 43.9 Å². The molecule has 0 aromatic carbocycles. The molecule has 0 aromatic rings. The summed E-state index contributed by atoms with van der Waals surface area (Å²) in [5.74, 6) is -5.34. The summed E-state index contributed by atoms with van der Waals surface area (Å²) in [7, 11) is 0. The van der Waals surface area contributed by atoms with E-state index in [1.54, 1.807) is 0 Å². The van der Waals surface area contributed by atoms with Gasteiger partial charge in [0, 0.05) is 0 Å². The van der Waals surface area contributed by atoms with Crippen LogP contribution in [0.3, 0.4) is 0 Å². The van der Waals surface area contributed by atoms with E-state index in [2.05, 4.69) is 0 Å². The molecule has 0 N–H and O–H groups in total. The molecule has 0 spiro atoms. The summed E-state index contributed by atoms with van der Waals surface area (Å²) >= 11 is -6.60. The van der Waals surface area contributed by atoms with Crippen LogP contribution in [-0.2, 0) is 31.5 Å². The molecule has 0 aromatic heterocycles. The fraction of sp³-hybridized carbons (Fsp3) is 0.909. The average molecular weight is 860 g/mol. The van der Waals surface area contributed by atoms with Crippen LogP contribution in [-0.4, -0.2) is 43.9 Å². The van der Waals surface area contributed by atoms with E-state index in [9.17, 15) is 0 Å². The molecule has 0 bridgehead atoms. The first-order chi connectivity index (χ1) is 23.8. The predicted octanol–water partition coefficient (Wildman–Crippen LogP) is 11.4. The number of rotatable bonds is 20. The van der Waals surface area contributed by atoms with Gasteiger partial charge in [-0.2, -0.15) is 0 Å². The van der Waals surface area contributed by atoms with Crippen molar-refractivity contribution in [2.75, 3.05) is 0 Å². The molecular weight excluding hydrogens is 775 g/mol. The molecule has 0 fully saturated rings. The van der Waals surface area contributed by atoms with Gasteiger partial charge in [-0.05, 0) is 0 Å². The van der Waals surface area contributed by atoms with Crippen molar-refractivity contribution in [3.8, 4) is 0 Å². The third-order valence-corrected chi connectivity index (χ3v) is 18.7. The summed E-state index contributed by atoms with van der Waals surface area (Å²) in [6.07, 6.45) is 0. The van der Waals surface area contributed by atoms with Crippen molar-refractivity contribution in [2.45, 2.75) is 166 Å². The molecule has 312 valence electrons. The summed E-state index contributed by atoms with van der Waals surface area (Å²) in [6.45, 7) is 47.2. The normalized spacial score (nSPS) is 14.1. The molecule has 9 heteroatoms. The van der Waals surface area contributed by atoms with Crippen molar-refractivity contribution in [2.24, 2.45) is 92.7 Å². The summed E-state index contributed by atoms with van der Waals surface area (Å²) in [6, 6.07) is 0. The van der Waals surface area contributed by atoms with Gasteiger partial charge in [0.15, 0.2) is 0 Å². The van der Waals surface area contributed by atoms with Gasteiger partial charge < -0.3 is 0 Å². The second kappa shape index (κ2) is 19.2. The maximum atomic E-state index is 15.2. The molecule has 0 unspecified atom stereocenters. The van der Waals surface area contributed by atoms with Crippen LogP contribution in [0.2, 0.25) is 0 Å². The van der Waals surface area contributed by atoms with Crippen molar-refractivity contribution < 1.29 is 31.5 Å². The Kier molecular flexibility index (Phi) is 18.7. The zero-order valence-corrected chi connectivity index (χ0v) is 41.5. The van der Waals surface area contributed by atoms with Gasteiger partial charge in [-0.25, -0.2) is 0 Å². The first-order valence-corrected chi connectivity index (χ1v) is 25.4. The third kappa shape index (κ3) is 9.13. The first kappa shape index (κ1) is 51.7. The fourth-order valence-corrected chi connectivity index (χ4v) is 17.1. The molecule has 0 aliphatic heterocycles. The van der Waals surface area contributed by atoms with Crippen molar-refractivity contribution in [1.82, 2.24) is 0 Å². The van der Waals surface area contributed by atoms with Crippen molar-refractivity contribution in [3.63, 3.8) is 0 Å². The van der Waals surface area contributed by atoms with Gasteiger partial charge in [-0.1, -0.05) is 0 Å². The number of carbonyl (C=O) groups is 4. The van der Waals surface area contributed by atoms with Crippen LogP contribution in [0, 0.1) is 92.7 Å². The molecule has 0 saturated carbocycles. The average Bonchev–Trinajstić information content (AvgIpc) is 2.91. The molecule has 0 heterocycles. The van der Waals surface area contributed by atoms with Crippen LogP contribution in [0.1, 0.15) is 166 Å². The van der Waals surface area contributed by atoms with Crippen LogP contribution in [0.25, 0.3) is 0 Å². The Hall–Kier alpha value is -1.32. The van der Waals surface area contributed by atoms with Gasteiger partial charge >= 0.3 is 334 Å². The summed E-state index contributed by atoms with van der Waals surface area (Å²) in [5, 5.41) is 0. The van der Waals surface area contributed by atoms with Crippen LogP contribution >= 0.6 is 0 Å². The molecule has 53 heavy (non-hydrogen) atoms. The standard InChI is InChI=1S/4C11H22O2.Sn/c4*1-7(2)11(8(3)4,9(5)6)10(12)13;/h4*7-9H,1-6H3,(H,12,13);/q;;;;+4/p-4. The molecule has 0 aliphatic rings. The summed E-state index contributed by atoms with van der Waals surface area (Å²) < 4.78 is 26.6. The Morgan fingerprint density at radius 3 is 0.434 bits per heavy atom. The monoisotopic (exact) mass is 861 g/mol. The summed E-state index contributed by atoms with van der Waals surface area (Å²) in [4.78, 5) is 60.6. The van der Waals surface area contributed by atoms with E-state index in [1.807, 2.05) is 166 Å². The van der Waals surface area contributed by atoms with E-state index in [0.717, 1.165) is 0 Å². The molecule has 0 saturated heterocycles. The van der Waals surface area contributed by atoms with Crippen LogP contribution in [0.15, 0.2) is 0 Å². The Balaban J connectivity index is 8.78. The predicted molar refractivity (Wildman–Crippen MR) is 218 cm³/mol. The van der Waals surface area contributed by atoms with E-state index in [0.29, 0.717) is 0 Å². The topological polar surface area (TPSA) is 105 Å². The Bertz CT molecular complexity index is 945. The SMILES string of the molecule is CC(C)C(C(=O)[O][Sn]([O]C(=O)C(C(C)C)(C(C)C)C(C)C)([O]C(=O)C(C(C)C)(C(C)C)C(C)C)[O]C(=O)C(C(C)C)(C(C)C)C(C)C)(C(C)C)C(C)C. The van der Waals surface area contributed by atoms with Crippen LogP contribution < -0.4 is 0 Å². The molecule has 8 nitrogen and oxygen atoms in total. The van der Waals surface area contributed by atoms with Gasteiger partial charge in [0.1, 0.15) is 0 Å². The summed E-state index contributed by atoms with van der Waals surface area (Å²) in [5.41, 5.74) is -4.35. The molecular formula is C44H84O8Sn. The number of hydrogen-bond acceptors (Lipinski definition) is 8. The maximum absolute atomic E-state index is 15.2. The quantitative estimate of drug-likeness (QED) is 0.111. The van der Waals surface area contributed by atoms with Crippen molar-refractivity contribution in [1.29, 1.82) is 0 Å². The van der Waals surface area contributed by atoms with Gasteiger partial charge in [0.25, 0.3) is 0 Å². The molecule has 0 radical (unpaired) electrons.